The molecule has 0 aromatic carbocycles. The first-order chi connectivity index (χ1) is 9.67. The van der Waals surface area contributed by atoms with E-state index in [0.717, 1.165) is 18.5 Å². The van der Waals surface area contributed by atoms with Crippen molar-refractivity contribution in [2.24, 2.45) is 5.84 Å². The van der Waals surface area contributed by atoms with Crippen LogP contribution >= 0.6 is 11.3 Å². The Morgan fingerprint density at radius 1 is 1.10 bits per heavy atom. The Morgan fingerprint density at radius 3 is 2.30 bits per heavy atom. The minimum Gasteiger partial charge on any atom is -0.271 e. The van der Waals surface area contributed by atoms with Gasteiger partial charge in [0.15, 0.2) is 0 Å². The van der Waals surface area contributed by atoms with E-state index in [9.17, 15) is 0 Å². The summed E-state index contributed by atoms with van der Waals surface area (Å²) in [4.78, 5) is 5.92. The molecule has 116 valence electrons. The summed E-state index contributed by atoms with van der Waals surface area (Å²) in [5.74, 6) is 5.67. The maximum Gasteiger partial charge on any atom is 0.0946 e. The summed E-state index contributed by atoms with van der Waals surface area (Å²) in [5, 5.41) is 1.21. The maximum atomic E-state index is 5.67. The summed E-state index contributed by atoms with van der Waals surface area (Å²) in [7, 11) is 0. The van der Waals surface area contributed by atoms with Gasteiger partial charge in [-0.2, -0.15) is 0 Å². The van der Waals surface area contributed by atoms with Crippen LogP contribution in [0, 0.1) is 13.8 Å². The maximum absolute atomic E-state index is 5.67. The fourth-order valence-electron chi connectivity index (χ4n) is 2.43. The van der Waals surface area contributed by atoms with Gasteiger partial charge in [0.1, 0.15) is 0 Å². The van der Waals surface area contributed by atoms with Crippen LogP contribution in [-0.4, -0.2) is 11.0 Å². The van der Waals surface area contributed by atoms with E-state index in [1.807, 2.05) is 0 Å². The van der Waals surface area contributed by atoms with Gasteiger partial charge in [-0.1, -0.05) is 51.9 Å². The van der Waals surface area contributed by atoms with Crippen LogP contribution in [0.1, 0.15) is 73.9 Å². The molecule has 1 rings (SSSR count). The molecule has 1 aromatic heterocycles. The van der Waals surface area contributed by atoms with Crippen molar-refractivity contribution >= 4 is 11.3 Å². The van der Waals surface area contributed by atoms with Gasteiger partial charge in [-0.25, -0.2) is 4.98 Å². The second-order valence-electron chi connectivity index (χ2n) is 5.73. The molecule has 0 spiro atoms. The van der Waals surface area contributed by atoms with Crippen LogP contribution in [0.4, 0.5) is 0 Å². The Hall–Kier alpha value is -0.450. The quantitative estimate of drug-likeness (QED) is 0.364. The lowest BCUT2D eigenvalue weighted by atomic mass is 10.0. The van der Waals surface area contributed by atoms with Gasteiger partial charge >= 0.3 is 0 Å². The molecule has 1 heterocycles. The molecule has 0 radical (unpaired) electrons. The fourth-order valence-corrected chi connectivity index (χ4v) is 3.44. The Morgan fingerprint density at radius 2 is 1.75 bits per heavy atom. The van der Waals surface area contributed by atoms with Crippen molar-refractivity contribution in [3.8, 4) is 0 Å². The molecule has 3 nitrogen and oxygen atoms in total. The number of nitrogens with one attached hydrogen (secondary N) is 1. The molecular weight excluding hydrogens is 266 g/mol. The Labute approximate surface area is 128 Å². The summed E-state index contributed by atoms with van der Waals surface area (Å²) in [6.45, 7) is 6.48. The standard InChI is InChI=1S/C16H31N3S/c1-4-5-6-7-8-9-10-11-15(19-17)12-16-18-13(2)14(3)20-16/h15,19H,4-12,17H2,1-3H3. The highest BCUT2D eigenvalue weighted by atomic mass is 32.1. The van der Waals surface area contributed by atoms with E-state index < -0.39 is 0 Å². The average Bonchev–Trinajstić information content (AvgIpc) is 2.75. The lowest BCUT2D eigenvalue weighted by Gasteiger charge is -2.14. The molecule has 0 saturated heterocycles. The summed E-state index contributed by atoms with van der Waals surface area (Å²) in [6.07, 6.45) is 11.6. The monoisotopic (exact) mass is 297 g/mol. The van der Waals surface area contributed by atoms with Crippen molar-refractivity contribution in [3.05, 3.63) is 15.6 Å². The predicted octanol–water partition coefficient (Wildman–Crippen LogP) is 4.28. The van der Waals surface area contributed by atoms with Crippen molar-refractivity contribution in [2.75, 3.05) is 0 Å². The Balaban J connectivity index is 2.16. The molecule has 20 heavy (non-hydrogen) atoms. The van der Waals surface area contributed by atoms with Crippen LogP contribution in [0.2, 0.25) is 0 Å². The zero-order valence-electron chi connectivity index (χ0n) is 13.4. The fraction of sp³-hybridized carbons (Fsp3) is 0.812. The first-order valence-corrected chi connectivity index (χ1v) is 8.88. The molecule has 0 aliphatic carbocycles. The zero-order chi connectivity index (χ0) is 14.8. The largest absolute Gasteiger partial charge is 0.271 e. The minimum absolute atomic E-state index is 0.371. The first-order valence-electron chi connectivity index (χ1n) is 8.06. The molecule has 3 N–H and O–H groups in total. The molecule has 1 unspecified atom stereocenters. The van der Waals surface area contributed by atoms with E-state index in [2.05, 4.69) is 31.2 Å². The van der Waals surface area contributed by atoms with Crippen LogP contribution in [0.3, 0.4) is 0 Å². The number of hydrazine groups is 1. The predicted molar refractivity (Wildman–Crippen MR) is 89.0 cm³/mol. The number of hydrogen-bond donors (Lipinski definition) is 2. The lowest BCUT2D eigenvalue weighted by Crippen LogP contribution is -2.36. The number of unbranched alkanes of at least 4 members (excludes halogenated alkanes) is 6. The van der Waals surface area contributed by atoms with Gasteiger partial charge in [0, 0.05) is 17.3 Å². The molecule has 0 fully saturated rings. The van der Waals surface area contributed by atoms with Crippen LogP contribution < -0.4 is 11.3 Å². The number of rotatable bonds is 11. The molecule has 0 bridgehead atoms. The van der Waals surface area contributed by atoms with E-state index in [-0.39, 0.29) is 0 Å². The van der Waals surface area contributed by atoms with E-state index >= 15 is 0 Å². The Bertz CT molecular complexity index is 343. The van der Waals surface area contributed by atoms with Crippen molar-refractivity contribution in [2.45, 2.75) is 84.6 Å². The first kappa shape index (κ1) is 17.6. The average molecular weight is 298 g/mol. The van der Waals surface area contributed by atoms with Crippen molar-refractivity contribution < 1.29 is 0 Å². The second kappa shape index (κ2) is 10.3. The zero-order valence-corrected chi connectivity index (χ0v) is 14.2. The van der Waals surface area contributed by atoms with Gasteiger partial charge in [-0.05, 0) is 20.3 Å². The third kappa shape index (κ3) is 6.82. The van der Waals surface area contributed by atoms with Gasteiger partial charge in [0.05, 0.1) is 10.7 Å². The Kier molecular flexibility index (Phi) is 9.07. The normalized spacial score (nSPS) is 12.8. The van der Waals surface area contributed by atoms with Gasteiger partial charge in [-0.15, -0.1) is 11.3 Å². The van der Waals surface area contributed by atoms with E-state index in [1.165, 1.54) is 54.8 Å². The van der Waals surface area contributed by atoms with Crippen molar-refractivity contribution in [1.82, 2.24) is 10.4 Å². The number of hydrogen-bond acceptors (Lipinski definition) is 4. The van der Waals surface area contributed by atoms with Crippen molar-refractivity contribution in [3.63, 3.8) is 0 Å². The highest BCUT2D eigenvalue weighted by molar-refractivity contribution is 7.11. The summed E-state index contributed by atoms with van der Waals surface area (Å²) < 4.78 is 0. The molecule has 0 aliphatic rings. The van der Waals surface area contributed by atoms with Gasteiger partial charge in [-0.3, -0.25) is 11.3 Å². The smallest absolute Gasteiger partial charge is 0.0946 e. The summed E-state index contributed by atoms with van der Waals surface area (Å²) in [5.41, 5.74) is 4.12. The number of thiazole rings is 1. The van der Waals surface area contributed by atoms with E-state index in [0.29, 0.717) is 6.04 Å². The van der Waals surface area contributed by atoms with Crippen molar-refractivity contribution in [1.29, 1.82) is 0 Å². The molecule has 4 heteroatoms. The number of nitrogens with two attached hydrogens (primary N) is 1. The van der Waals surface area contributed by atoms with E-state index in [1.54, 1.807) is 11.3 Å². The molecule has 1 aromatic rings. The summed E-state index contributed by atoms with van der Waals surface area (Å²) >= 11 is 1.80. The summed E-state index contributed by atoms with van der Waals surface area (Å²) in [6, 6.07) is 0.371. The van der Waals surface area contributed by atoms with Crippen LogP contribution in [0.25, 0.3) is 0 Å². The number of aryl methyl sites for hydroxylation is 2. The molecule has 0 saturated carbocycles. The number of nitrogens with zero attached hydrogens (tertiary/aromatic N) is 1. The second-order valence-corrected chi connectivity index (χ2v) is 7.01. The third-order valence-corrected chi connectivity index (χ3v) is 4.98. The third-order valence-electron chi connectivity index (χ3n) is 3.89. The van der Waals surface area contributed by atoms with Crippen LogP contribution in [-0.2, 0) is 6.42 Å². The van der Waals surface area contributed by atoms with Crippen LogP contribution in [0.15, 0.2) is 0 Å². The molecule has 0 aliphatic heterocycles. The highest BCUT2D eigenvalue weighted by Gasteiger charge is 2.11. The van der Waals surface area contributed by atoms with Gasteiger partial charge in [0.25, 0.3) is 0 Å². The molecular formula is C16H31N3S. The highest BCUT2D eigenvalue weighted by Crippen LogP contribution is 2.19. The lowest BCUT2D eigenvalue weighted by molar-refractivity contribution is 0.458. The minimum atomic E-state index is 0.371. The van der Waals surface area contributed by atoms with Gasteiger partial charge < -0.3 is 0 Å². The topological polar surface area (TPSA) is 50.9 Å². The van der Waals surface area contributed by atoms with Crippen LogP contribution in [0.5, 0.6) is 0 Å². The molecule has 1 atom stereocenters. The SMILES string of the molecule is CCCCCCCCCC(Cc1nc(C)c(C)s1)NN. The van der Waals surface area contributed by atoms with Gasteiger partial charge in [0.2, 0.25) is 0 Å². The molecule has 0 amide bonds. The number of aromatic nitrogens is 1. The van der Waals surface area contributed by atoms with E-state index in [4.69, 9.17) is 5.84 Å².